The number of nitrogens with zero attached hydrogens (tertiary/aromatic N) is 5. The number of hydrogen-bond donors (Lipinski definition) is 1. The molecule has 0 amide bonds. The van der Waals surface area contributed by atoms with Crippen molar-refractivity contribution in [3.8, 4) is 0 Å². The van der Waals surface area contributed by atoms with Gasteiger partial charge in [-0.2, -0.15) is 10.2 Å². The van der Waals surface area contributed by atoms with Crippen molar-refractivity contribution >= 4 is 0 Å². The van der Waals surface area contributed by atoms with Crippen molar-refractivity contribution in [1.82, 2.24) is 25.2 Å². The fraction of sp³-hybridized carbons (Fsp3) is 0.400. The molecule has 0 bridgehead atoms. The molecule has 0 fully saturated rings. The minimum absolute atomic E-state index is 0.269. The molecule has 84 valence electrons. The Balaban J connectivity index is 2.45. The van der Waals surface area contributed by atoms with Crippen molar-refractivity contribution in [2.24, 2.45) is 12.8 Å². The van der Waals surface area contributed by atoms with Crippen LogP contribution in [0.25, 0.3) is 0 Å². The molecular formula is C10H14N6. The SMILES string of the molecule is Cc1cc(C(N)c2cnnn2C)c(C)nn1. The zero-order valence-corrected chi connectivity index (χ0v) is 9.55. The van der Waals surface area contributed by atoms with E-state index in [0.29, 0.717) is 0 Å². The number of hydrogen-bond acceptors (Lipinski definition) is 5. The van der Waals surface area contributed by atoms with E-state index in [1.807, 2.05) is 27.0 Å². The van der Waals surface area contributed by atoms with E-state index < -0.39 is 0 Å². The topological polar surface area (TPSA) is 82.5 Å². The lowest BCUT2D eigenvalue weighted by Gasteiger charge is -2.13. The lowest BCUT2D eigenvalue weighted by molar-refractivity contribution is 0.646. The summed E-state index contributed by atoms with van der Waals surface area (Å²) in [6.45, 7) is 3.79. The lowest BCUT2D eigenvalue weighted by atomic mass is 10.0. The summed E-state index contributed by atoms with van der Waals surface area (Å²) in [5.74, 6) is 0. The Hall–Kier alpha value is -1.82. The fourth-order valence-corrected chi connectivity index (χ4v) is 1.62. The largest absolute Gasteiger partial charge is 0.319 e. The van der Waals surface area contributed by atoms with Crippen LogP contribution in [0.4, 0.5) is 0 Å². The summed E-state index contributed by atoms with van der Waals surface area (Å²) in [4.78, 5) is 0. The van der Waals surface area contributed by atoms with Crippen LogP contribution in [0.15, 0.2) is 12.3 Å². The van der Waals surface area contributed by atoms with Crippen LogP contribution in [0.5, 0.6) is 0 Å². The molecule has 0 aliphatic rings. The number of rotatable bonds is 2. The zero-order valence-electron chi connectivity index (χ0n) is 9.55. The first-order chi connectivity index (χ1) is 7.59. The summed E-state index contributed by atoms with van der Waals surface area (Å²) in [7, 11) is 1.82. The third-order valence-corrected chi connectivity index (χ3v) is 2.54. The third-order valence-electron chi connectivity index (χ3n) is 2.54. The number of aryl methyl sites for hydroxylation is 3. The second kappa shape index (κ2) is 3.97. The molecule has 2 rings (SSSR count). The predicted octanol–water partition coefficient (Wildman–Crippen LogP) is 0.270. The van der Waals surface area contributed by atoms with E-state index >= 15 is 0 Å². The maximum atomic E-state index is 6.16. The smallest absolute Gasteiger partial charge is 0.0797 e. The van der Waals surface area contributed by atoms with Gasteiger partial charge in [-0.3, -0.25) is 4.68 Å². The third kappa shape index (κ3) is 1.79. The van der Waals surface area contributed by atoms with Crippen molar-refractivity contribution in [3.05, 3.63) is 34.9 Å². The Bertz CT molecular complexity index is 504. The molecule has 2 heterocycles. The van der Waals surface area contributed by atoms with Gasteiger partial charge in [0.1, 0.15) is 0 Å². The second-order valence-electron chi connectivity index (χ2n) is 3.79. The van der Waals surface area contributed by atoms with Gasteiger partial charge in [0.05, 0.1) is 29.3 Å². The molecule has 2 aromatic heterocycles. The van der Waals surface area contributed by atoms with E-state index in [1.165, 1.54) is 0 Å². The molecule has 1 unspecified atom stereocenters. The van der Waals surface area contributed by atoms with E-state index in [9.17, 15) is 0 Å². The number of aromatic nitrogens is 5. The van der Waals surface area contributed by atoms with Gasteiger partial charge in [0.15, 0.2) is 0 Å². The van der Waals surface area contributed by atoms with Crippen molar-refractivity contribution in [3.63, 3.8) is 0 Å². The summed E-state index contributed by atoms with van der Waals surface area (Å²) in [5.41, 5.74) is 9.66. The van der Waals surface area contributed by atoms with Crippen LogP contribution in [0.1, 0.15) is 28.7 Å². The highest BCUT2D eigenvalue weighted by atomic mass is 15.4. The highest BCUT2D eigenvalue weighted by Crippen LogP contribution is 2.20. The minimum atomic E-state index is -0.269. The first kappa shape index (κ1) is 10.7. The van der Waals surface area contributed by atoms with Crippen LogP contribution in [0, 0.1) is 13.8 Å². The summed E-state index contributed by atoms with van der Waals surface area (Å²) in [6.07, 6.45) is 1.67. The Kier molecular flexibility index (Phi) is 2.66. The van der Waals surface area contributed by atoms with Crippen LogP contribution in [-0.4, -0.2) is 25.2 Å². The van der Waals surface area contributed by atoms with Gasteiger partial charge in [0.25, 0.3) is 0 Å². The molecule has 1 atom stereocenters. The van der Waals surface area contributed by atoms with E-state index in [0.717, 1.165) is 22.6 Å². The first-order valence-electron chi connectivity index (χ1n) is 5.00. The molecule has 6 heteroatoms. The lowest BCUT2D eigenvalue weighted by Crippen LogP contribution is -2.18. The average Bonchev–Trinajstić information content (AvgIpc) is 2.67. The normalized spacial score (nSPS) is 12.8. The maximum Gasteiger partial charge on any atom is 0.0797 e. The Morgan fingerprint density at radius 1 is 1.31 bits per heavy atom. The van der Waals surface area contributed by atoms with Crippen LogP contribution in [-0.2, 0) is 7.05 Å². The minimum Gasteiger partial charge on any atom is -0.319 e. The van der Waals surface area contributed by atoms with Crippen LogP contribution < -0.4 is 5.73 Å². The average molecular weight is 218 g/mol. The summed E-state index contributed by atoms with van der Waals surface area (Å²) >= 11 is 0. The molecule has 0 spiro atoms. The van der Waals surface area contributed by atoms with Crippen molar-refractivity contribution in [2.75, 3.05) is 0 Å². The van der Waals surface area contributed by atoms with Gasteiger partial charge in [-0.1, -0.05) is 5.21 Å². The van der Waals surface area contributed by atoms with E-state index in [2.05, 4.69) is 20.5 Å². The Morgan fingerprint density at radius 3 is 2.69 bits per heavy atom. The van der Waals surface area contributed by atoms with Gasteiger partial charge >= 0.3 is 0 Å². The van der Waals surface area contributed by atoms with E-state index in [1.54, 1.807) is 10.9 Å². The maximum absolute atomic E-state index is 6.16. The van der Waals surface area contributed by atoms with Crippen LogP contribution in [0.2, 0.25) is 0 Å². The molecule has 0 aromatic carbocycles. The molecule has 0 saturated heterocycles. The van der Waals surface area contributed by atoms with Gasteiger partial charge in [-0.05, 0) is 25.5 Å². The second-order valence-corrected chi connectivity index (χ2v) is 3.79. The molecule has 6 nitrogen and oxygen atoms in total. The molecule has 0 radical (unpaired) electrons. The quantitative estimate of drug-likeness (QED) is 0.782. The summed E-state index contributed by atoms with van der Waals surface area (Å²) in [6, 6.07) is 1.68. The van der Waals surface area contributed by atoms with Gasteiger partial charge in [-0.25, -0.2) is 0 Å². The van der Waals surface area contributed by atoms with Crippen LogP contribution in [0.3, 0.4) is 0 Å². The molecule has 0 aliphatic heterocycles. The van der Waals surface area contributed by atoms with Gasteiger partial charge in [0.2, 0.25) is 0 Å². The molecule has 0 saturated carbocycles. The highest BCUT2D eigenvalue weighted by molar-refractivity contribution is 5.29. The van der Waals surface area contributed by atoms with Gasteiger partial charge < -0.3 is 5.73 Å². The summed E-state index contributed by atoms with van der Waals surface area (Å²) < 4.78 is 1.67. The van der Waals surface area contributed by atoms with Crippen molar-refractivity contribution in [2.45, 2.75) is 19.9 Å². The highest BCUT2D eigenvalue weighted by Gasteiger charge is 2.16. The molecule has 2 N–H and O–H groups in total. The summed E-state index contributed by atoms with van der Waals surface area (Å²) in [5, 5.41) is 15.7. The van der Waals surface area contributed by atoms with Crippen molar-refractivity contribution in [1.29, 1.82) is 0 Å². The van der Waals surface area contributed by atoms with Gasteiger partial charge in [-0.15, -0.1) is 5.10 Å². The predicted molar refractivity (Wildman–Crippen MR) is 58.5 cm³/mol. The zero-order chi connectivity index (χ0) is 11.7. The van der Waals surface area contributed by atoms with E-state index in [4.69, 9.17) is 5.73 Å². The Labute approximate surface area is 93.5 Å². The van der Waals surface area contributed by atoms with E-state index in [-0.39, 0.29) is 6.04 Å². The van der Waals surface area contributed by atoms with Gasteiger partial charge in [0, 0.05) is 7.05 Å². The Morgan fingerprint density at radius 2 is 2.06 bits per heavy atom. The number of nitrogens with two attached hydrogens (primary N) is 1. The molecular weight excluding hydrogens is 204 g/mol. The first-order valence-corrected chi connectivity index (χ1v) is 5.00. The monoisotopic (exact) mass is 218 g/mol. The fourth-order valence-electron chi connectivity index (χ4n) is 1.62. The molecule has 16 heavy (non-hydrogen) atoms. The molecule has 2 aromatic rings. The molecule has 0 aliphatic carbocycles. The van der Waals surface area contributed by atoms with Crippen LogP contribution >= 0.6 is 0 Å². The van der Waals surface area contributed by atoms with Crippen molar-refractivity contribution < 1.29 is 0 Å². The standard InChI is InChI=1S/C10H14N6/c1-6-4-8(7(2)14-13-6)10(11)9-5-12-15-16(9)3/h4-5,10H,11H2,1-3H3.